The van der Waals surface area contributed by atoms with Crippen molar-refractivity contribution in [2.45, 2.75) is 50.3 Å². The molecule has 7 heteroatoms. The Hall–Kier alpha value is -3.32. The van der Waals surface area contributed by atoms with Crippen molar-refractivity contribution in [2.24, 2.45) is 11.0 Å². The van der Waals surface area contributed by atoms with E-state index in [9.17, 15) is 9.59 Å². The van der Waals surface area contributed by atoms with E-state index in [4.69, 9.17) is 0 Å². The van der Waals surface area contributed by atoms with E-state index in [0.717, 1.165) is 76.7 Å². The molecule has 2 aliphatic heterocycles. The summed E-state index contributed by atoms with van der Waals surface area (Å²) in [4.78, 5) is 27.1. The van der Waals surface area contributed by atoms with Gasteiger partial charge in [0.25, 0.3) is 5.91 Å². The third kappa shape index (κ3) is 4.66. The smallest absolute Gasteiger partial charge is 0.275 e. The zero-order chi connectivity index (χ0) is 23.5. The lowest BCUT2D eigenvalue weighted by Gasteiger charge is -2.22. The van der Waals surface area contributed by atoms with E-state index >= 15 is 0 Å². The van der Waals surface area contributed by atoms with Crippen LogP contribution < -0.4 is 16.1 Å². The minimum absolute atomic E-state index is 0.128. The molecule has 1 aliphatic carbocycles. The van der Waals surface area contributed by atoms with Crippen LogP contribution in [0.2, 0.25) is 0 Å². The number of thioether (sulfide) groups is 1. The van der Waals surface area contributed by atoms with Gasteiger partial charge in [-0.2, -0.15) is 5.10 Å². The lowest BCUT2D eigenvalue weighted by atomic mass is 10.0. The molecule has 2 amide bonds. The number of fused-ring (bicyclic) bond motifs is 1. The topological polar surface area (TPSA) is 82.6 Å². The van der Waals surface area contributed by atoms with Gasteiger partial charge in [-0.3, -0.25) is 9.59 Å². The summed E-state index contributed by atoms with van der Waals surface area (Å²) in [5.41, 5.74) is 7.66. The highest BCUT2D eigenvalue weighted by Crippen LogP contribution is 2.42. The molecule has 0 saturated heterocycles. The molecule has 1 saturated carbocycles. The van der Waals surface area contributed by atoms with Crippen molar-refractivity contribution in [1.29, 1.82) is 0 Å². The quantitative estimate of drug-likeness (QED) is 0.456. The number of carbonyl (C=O) groups is 2. The first-order valence-corrected chi connectivity index (χ1v) is 12.7. The summed E-state index contributed by atoms with van der Waals surface area (Å²) >= 11 is 1.64. The Labute approximate surface area is 204 Å². The van der Waals surface area contributed by atoms with Crippen molar-refractivity contribution >= 4 is 45.6 Å². The summed E-state index contributed by atoms with van der Waals surface area (Å²) in [5, 5.41) is 10.7. The lowest BCUT2D eigenvalue weighted by molar-refractivity contribution is -0.119. The number of allylic oxidation sites excluding steroid dienone is 1. The lowest BCUT2D eigenvalue weighted by Crippen LogP contribution is -2.20. The SMILES string of the molecule is CCCC1=NNC(=O)C1=C1C=C(Sc2ccc(NC(=O)C3CCCC3)cc2)c2ccccc2N1. The fourth-order valence-electron chi connectivity index (χ4n) is 4.64. The molecule has 3 N–H and O–H groups in total. The first-order valence-electron chi connectivity index (χ1n) is 11.9. The van der Waals surface area contributed by atoms with E-state index in [1.165, 1.54) is 0 Å². The summed E-state index contributed by atoms with van der Waals surface area (Å²) in [6, 6.07) is 16.1. The highest BCUT2D eigenvalue weighted by atomic mass is 32.2. The van der Waals surface area contributed by atoms with Crippen molar-refractivity contribution in [3.05, 3.63) is 71.4 Å². The van der Waals surface area contributed by atoms with Crippen molar-refractivity contribution in [3.63, 3.8) is 0 Å². The van der Waals surface area contributed by atoms with Crippen molar-refractivity contribution < 1.29 is 9.59 Å². The number of rotatable bonds is 6. The van der Waals surface area contributed by atoms with Gasteiger partial charge < -0.3 is 10.6 Å². The van der Waals surface area contributed by atoms with Crippen LogP contribution in [0.3, 0.4) is 0 Å². The summed E-state index contributed by atoms with van der Waals surface area (Å²) in [5.74, 6) is 0.0997. The largest absolute Gasteiger partial charge is 0.354 e. The van der Waals surface area contributed by atoms with Crippen LogP contribution in [0.4, 0.5) is 11.4 Å². The van der Waals surface area contributed by atoms with E-state index in [1.54, 1.807) is 11.8 Å². The van der Waals surface area contributed by atoms with E-state index in [-0.39, 0.29) is 17.7 Å². The molecule has 3 aliphatic rings. The first-order chi connectivity index (χ1) is 16.6. The molecule has 174 valence electrons. The van der Waals surface area contributed by atoms with Gasteiger partial charge in [0, 0.05) is 32.7 Å². The van der Waals surface area contributed by atoms with Gasteiger partial charge in [-0.05, 0) is 55.7 Å². The van der Waals surface area contributed by atoms with Crippen molar-refractivity contribution in [1.82, 2.24) is 5.43 Å². The van der Waals surface area contributed by atoms with Gasteiger partial charge in [-0.15, -0.1) is 0 Å². The number of hydrogen-bond acceptors (Lipinski definition) is 5. The van der Waals surface area contributed by atoms with Crippen LogP contribution in [-0.2, 0) is 9.59 Å². The second kappa shape index (κ2) is 9.89. The molecule has 0 aromatic heterocycles. The fourth-order valence-corrected chi connectivity index (χ4v) is 5.63. The molecule has 0 radical (unpaired) electrons. The van der Waals surface area contributed by atoms with E-state index < -0.39 is 0 Å². The molecule has 0 atom stereocenters. The molecular formula is C27H28N4O2S. The Morgan fingerprint density at radius 3 is 2.65 bits per heavy atom. The number of para-hydroxylation sites is 1. The zero-order valence-corrected chi connectivity index (χ0v) is 20.0. The van der Waals surface area contributed by atoms with Gasteiger partial charge in [-0.1, -0.05) is 56.1 Å². The molecule has 0 unspecified atom stereocenters. The summed E-state index contributed by atoms with van der Waals surface area (Å²) in [6.07, 6.45) is 7.95. The maximum absolute atomic E-state index is 12.6. The molecule has 34 heavy (non-hydrogen) atoms. The van der Waals surface area contributed by atoms with Crippen LogP contribution in [-0.4, -0.2) is 17.5 Å². The van der Waals surface area contributed by atoms with Gasteiger partial charge in [0.2, 0.25) is 5.91 Å². The highest BCUT2D eigenvalue weighted by molar-refractivity contribution is 8.08. The predicted octanol–water partition coefficient (Wildman–Crippen LogP) is 5.91. The molecular weight excluding hydrogens is 444 g/mol. The maximum atomic E-state index is 12.6. The van der Waals surface area contributed by atoms with Crippen molar-refractivity contribution in [3.8, 4) is 0 Å². The highest BCUT2D eigenvalue weighted by Gasteiger charge is 2.28. The molecule has 2 heterocycles. The molecule has 5 rings (SSSR count). The summed E-state index contributed by atoms with van der Waals surface area (Å²) < 4.78 is 0. The number of anilines is 2. The fraction of sp³-hybridized carbons (Fsp3) is 0.296. The Kier molecular flexibility index (Phi) is 6.54. The maximum Gasteiger partial charge on any atom is 0.275 e. The molecule has 1 fully saturated rings. The van der Waals surface area contributed by atoms with Gasteiger partial charge >= 0.3 is 0 Å². The number of benzene rings is 2. The summed E-state index contributed by atoms with van der Waals surface area (Å²) in [7, 11) is 0. The molecule has 6 nitrogen and oxygen atoms in total. The Morgan fingerprint density at radius 2 is 1.88 bits per heavy atom. The van der Waals surface area contributed by atoms with Gasteiger partial charge in [0.05, 0.1) is 17.0 Å². The average Bonchev–Trinajstić information content (AvgIpc) is 3.51. The van der Waals surface area contributed by atoms with Gasteiger partial charge in [0.1, 0.15) is 0 Å². The van der Waals surface area contributed by atoms with E-state index in [0.29, 0.717) is 5.57 Å². The number of nitrogens with zero attached hydrogens (tertiary/aromatic N) is 1. The monoisotopic (exact) mass is 472 g/mol. The number of carbonyl (C=O) groups excluding carboxylic acids is 2. The Balaban J connectivity index is 1.40. The Morgan fingerprint density at radius 1 is 1.12 bits per heavy atom. The molecule has 2 aromatic rings. The van der Waals surface area contributed by atoms with Crippen molar-refractivity contribution in [2.75, 3.05) is 10.6 Å². The first kappa shape index (κ1) is 22.5. The summed E-state index contributed by atoms with van der Waals surface area (Å²) in [6.45, 7) is 2.08. The molecule has 0 bridgehead atoms. The second-order valence-corrected chi connectivity index (χ2v) is 9.93. The van der Waals surface area contributed by atoms with Crippen LogP contribution >= 0.6 is 11.8 Å². The standard InChI is InChI=1S/C27H28N4O2S/c1-2-7-22-25(27(33)31-30-22)23-16-24(20-10-5-6-11-21(20)29-23)34-19-14-12-18(13-15-19)28-26(32)17-8-3-4-9-17/h5-6,10-17,29H,2-4,7-9H2,1H3,(H,28,32)(H,31,33). The number of hydrogen-bond donors (Lipinski definition) is 3. The Bertz CT molecular complexity index is 1210. The van der Waals surface area contributed by atoms with E-state index in [2.05, 4.69) is 34.2 Å². The van der Waals surface area contributed by atoms with Gasteiger partial charge in [0.15, 0.2) is 0 Å². The average molecular weight is 473 g/mol. The normalized spacial score (nSPS) is 19.7. The van der Waals surface area contributed by atoms with Crippen LogP contribution in [0.1, 0.15) is 51.0 Å². The van der Waals surface area contributed by atoms with Crippen LogP contribution in [0, 0.1) is 5.92 Å². The number of nitrogens with one attached hydrogen (secondary N) is 3. The zero-order valence-electron chi connectivity index (χ0n) is 19.2. The number of hydrazone groups is 1. The van der Waals surface area contributed by atoms with Crippen LogP contribution in [0.5, 0.6) is 0 Å². The third-order valence-corrected chi connectivity index (χ3v) is 7.44. The van der Waals surface area contributed by atoms with Gasteiger partial charge in [-0.25, -0.2) is 5.43 Å². The minimum Gasteiger partial charge on any atom is -0.354 e. The van der Waals surface area contributed by atoms with E-state index in [1.807, 2.05) is 48.5 Å². The minimum atomic E-state index is -0.173. The third-order valence-electron chi connectivity index (χ3n) is 6.38. The van der Waals surface area contributed by atoms with Crippen LogP contribution in [0.15, 0.2) is 75.9 Å². The molecule has 2 aromatic carbocycles. The van der Waals surface area contributed by atoms with Crippen LogP contribution in [0.25, 0.3) is 4.91 Å². The predicted molar refractivity (Wildman–Crippen MR) is 138 cm³/mol. The number of amides is 2. The molecule has 0 spiro atoms. The second-order valence-electron chi connectivity index (χ2n) is 8.81.